The van der Waals surface area contributed by atoms with Gasteiger partial charge in [-0.15, -0.1) is 0 Å². The predicted octanol–water partition coefficient (Wildman–Crippen LogP) is 1.15. The summed E-state index contributed by atoms with van der Waals surface area (Å²) in [6.45, 7) is 4.41. The standard InChI is InChI=1S/C23H24FNO8/c1-13(2)12-31-17-9-5-15(6-10-17)23(11-14-3-7-16(24)8-4-14)22(30)25-33-21(29)19(27)18(26)20(28)32-23/h3-10,13,18-19,26-27H,11-12H2,1-2H3,(H,25,30). The normalized spacial score (nSPS) is 23.6. The Kier molecular flexibility index (Phi) is 7.29. The lowest BCUT2D eigenvalue weighted by molar-refractivity contribution is -0.181. The van der Waals surface area contributed by atoms with Crippen molar-refractivity contribution in [2.75, 3.05) is 6.61 Å². The Hall–Kier alpha value is -3.50. The molecule has 176 valence electrons. The molecule has 3 rings (SSSR count). The molecule has 0 radical (unpaired) electrons. The summed E-state index contributed by atoms with van der Waals surface area (Å²) >= 11 is 0. The number of benzene rings is 2. The van der Waals surface area contributed by atoms with Crippen molar-refractivity contribution >= 4 is 17.8 Å². The molecule has 1 aliphatic rings. The average Bonchev–Trinajstić information content (AvgIpc) is 2.82. The number of carbonyl (C=O) groups is 3. The van der Waals surface area contributed by atoms with Gasteiger partial charge in [0.1, 0.15) is 11.6 Å². The molecule has 3 atom stereocenters. The minimum Gasteiger partial charge on any atom is -0.493 e. The number of hydrogen-bond donors (Lipinski definition) is 3. The van der Waals surface area contributed by atoms with Crippen LogP contribution in [0.2, 0.25) is 0 Å². The smallest absolute Gasteiger partial charge is 0.363 e. The largest absolute Gasteiger partial charge is 0.493 e. The molecule has 10 heteroatoms. The van der Waals surface area contributed by atoms with E-state index in [9.17, 15) is 29.0 Å². The second-order valence-corrected chi connectivity index (χ2v) is 8.02. The number of carbonyl (C=O) groups excluding carboxylic acids is 3. The van der Waals surface area contributed by atoms with Crippen LogP contribution in [0.15, 0.2) is 48.5 Å². The maximum absolute atomic E-state index is 13.4. The van der Waals surface area contributed by atoms with Gasteiger partial charge in [0.2, 0.25) is 5.60 Å². The summed E-state index contributed by atoms with van der Waals surface area (Å²) in [4.78, 5) is 42.2. The minimum atomic E-state index is -2.30. The van der Waals surface area contributed by atoms with Gasteiger partial charge < -0.3 is 24.5 Å². The summed E-state index contributed by atoms with van der Waals surface area (Å²) in [6.07, 6.45) is -4.87. The monoisotopic (exact) mass is 461 g/mol. The summed E-state index contributed by atoms with van der Waals surface area (Å²) in [6, 6.07) is 11.2. The maximum atomic E-state index is 13.4. The Morgan fingerprint density at radius 3 is 2.21 bits per heavy atom. The van der Waals surface area contributed by atoms with E-state index in [0.717, 1.165) is 0 Å². The third-order valence-electron chi connectivity index (χ3n) is 4.94. The molecule has 3 unspecified atom stereocenters. The van der Waals surface area contributed by atoms with E-state index in [2.05, 4.69) is 4.84 Å². The summed E-state index contributed by atoms with van der Waals surface area (Å²) in [5, 5.41) is 19.8. The topological polar surface area (TPSA) is 131 Å². The lowest BCUT2D eigenvalue weighted by Gasteiger charge is -2.32. The second-order valence-electron chi connectivity index (χ2n) is 8.02. The molecule has 1 aliphatic heterocycles. The fourth-order valence-electron chi connectivity index (χ4n) is 3.16. The average molecular weight is 461 g/mol. The van der Waals surface area contributed by atoms with Crippen molar-refractivity contribution in [3.05, 3.63) is 65.5 Å². The predicted molar refractivity (Wildman–Crippen MR) is 111 cm³/mol. The molecule has 33 heavy (non-hydrogen) atoms. The molecular formula is C23H24FNO8. The molecule has 2 aromatic rings. The highest BCUT2D eigenvalue weighted by molar-refractivity contribution is 5.93. The van der Waals surface area contributed by atoms with Crippen molar-refractivity contribution in [1.82, 2.24) is 5.48 Å². The molecular weight excluding hydrogens is 437 g/mol. The molecule has 2 aromatic carbocycles. The van der Waals surface area contributed by atoms with Crippen molar-refractivity contribution in [3.63, 3.8) is 0 Å². The molecule has 0 saturated carbocycles. The van der Waals surface area contributed by atoms with Crippen LogP contribution in [0.25, 0.3) is 0 Å². The Balaban J connectivity index is 2.06. The molecule has 0 aliphatic carbocycles. The molecule has 9 nitrogen and oxygen atoms in total. The quantitative estimate of drug-likeness (QED) is 0.546. The van der Waals surface area contributed by atoms with Gasteiger partial charge in [-0.25, -0.2) is 14.0 Å². The number of aliphatic hydroxyl groups is 2. The highest BCUT2D eigenvalue weighted by Gasteiger charge is 2.49. The van der Waals surface area contributed by atoms with Crippen LogP contribution in [0.4, 0.5) is 4.39 Å². The number of cyclic esters (lactones) is 1. The Bertz CT molecular complexity index is 1010. The fourth-order valence-corrected chi connectivity index (χ4v) is 3.16. The molecule has 3 N–H and O–H groups in total. The lowest BCUT2D eigenvalue weighted by Crippen LogP contribution is -2.49. The number of aliphatic hydroxyl groups excluding tert-OH is 2. The molecule has 0 bridgehead atoms. The maximum Gasteiger partial charge on any atom is 0.363 e. The number of esters is 1. The van der Waals surface area contributed by atoms with E-state index in [1.54, 1.807) is 12.1 Å². The molecule has 1 amide bonds. The first kappa shape index (κ1) is 24.1. The first-order valence-corrected chi connectivity index (χ1v) is 10.2. The Morgan fingerprint density at radius 2 is 1.61 bits per heavy atom. The van der Waals surface area contributed by atoms with Gasteiger partial charge in [0.05, 0.1) is 6.61 Å². The van der Waals surface area contributed by atoms with Crippen LogP contribution >= 0.6 is 0 Å². The molecule has 0 aromatic heterocycles. The van der Waals surface area contributed by atoms with E-state index in [4.69, 9.17) is 9.47 Å². The van der Waals surface area contributed by atoms with Crippen LogP contribution in [0.5, 0.6) is 5.75 Å². The van der Waals surface area contributed by atoms with E-state index in [1.165, 1.54) is 36.4 Å². The highest BCUT2D eigenvalue weighted by atomic mass is 19.1. The van der Waals surface area contributed by atoms with Gasteiger partial charge in [-0.3, -0.25) is 4.79 Å². The van der Waals surface area contributed by atoms with E-state index in [1.807, 2.05) is 19.3 Å². The van der Waals surface area contributed by atoms with Crippen molar-refractivity contribution < 1.29 is 43.3 Å². The van der Waals surface area contributed by atoms with Crippen molar-refractivity contribution in [2.24, 2.45) is 5.92 Å². The van der Waals surface area contributed by atoms with Crippen LogP contribution in [0, 0.1) is 11.7 Å². The minimum absolute atomic E-state index is 0.161. The van der Waals surface area contributed by atoms with E-state index in [0.29, 0.717) is 17.9 Å². The summed E-state index contributed by atoms with van der Waals surface area (Å²) in [5.74, 6) is -3.64. The number of amides is 1. The zero-order valence-corrected chi connectivity index (χ0v) is 18.0. The van der Waals surface area contributed by atoms with Crippen LogP contribution in [0.1, 0.15) is 25.0 Å². The van der Waals surface area contributed by atoms with Crippen LogP contribution in [-0.4, -0.2) is 46.9 Å². The number of hydrogen-bond acceptors (Lipinski definition) is 8. The van der Waals surface area contributed by atoms with Crippen LogP contribution < -0.4 is 10.2 Å². The number of halogens is 1. The van der Waals surface area contributed by atoms with Gasteiger partial charge in [-0.2, -0.15) is 5.48 Å². The number of nitrogens with one attached hydrogen (secondary N) is 1. The fraction of sp³-hybridized carbons (Fsp3) is 0.348. The van der Waals surface area contributed by atoms with Crippen LogP contribution in [0.3, 0.4) is 0 Å². The van der Waals surface area contributed by atoms with Gasteiger partial charge >= 0.3 is 17.8 Å². The number of rotatable bonds is 6. The number of ether oxygens (including phenoxy) is 2. The van der Waals surface area contributed by atoms with Crippen molar-refractivity contribution in [2.45, 2.75) is 38.1 Å². The lowest BCUT2D eigenvalue weighted by atomic mass is 9.86. The first-order valence-electron chi connectivity index (χ1n) is 10.2. The van der Waals surface area contributed by atoms with Crippen LogP contribution in [-0.2, 0) is 36.0 Å². The highest BCUT2D eigenvalue weighted by Crippen LogP contribution is 2.33. The van der Waals surface area contributed by atoms with Gasteiger partial charge in [0, 0.05) is 12.0 Å². The molecule has 0 spiro atoms. The third kappa shape index (κ3) is 5.47. The van der Waals surface area contributed by atoms with Gasteiger partial charge in [0.15, 0.2) is 12.2 Å². The second kappa shape index (κ2) is 9.97. The Labute approximate surface area is 189 Å². The molecule has 1 saturated heterocycles. The molecule has 1 fully saturated rings. The van der Waals surface area contributed by atoms with Gasteiger partial charge in [0.25, 0.3) is 0 Å². The zero-order valence-electron chi connectivity index (χ0n) is 18.0. The van der Waals surface area contributed by atoms with E-state index >= 15 is 0 Å². The Morgan fingerprint density at radius 1 is 1.00 bits per heavy atom. The first-order chi connectivity index (χ1) is 15.6. The zero-order chi connectivity index (χ0) is 24.2. The summed E-state index contributed by atoms with van der Waals surface area (Å²) < 4.78 is 24.5. The molecule has 1 heterocycles. The van der Waals surface area contributed by atoms with E-state index < -0.39 is 41.5 Å². The van der Waals surface area contributed by atoms with Gasteiger partial charge in [-0.1, -0.05) is 38.1 Å². The third-order valence-corrected chi connectivity index (χ3v) is 4.94. The van der Waals surface area contributed by atoms with Crippen molar-refractivity contribution in [1.29, 1.82) is 0 Å². The number of hydroxylamine groups is 1. The van der Waals surface area contributed by atoms with Crippen molar-refractivity contribution in [3.8, 4) is 5.75 Å². The summed E-state index contributed by atoms with van der Waals surface area (Å²) in [5.41, 5.74) is 0.315. The summed E-state index contributed by atoms with van der Waals surface area (Å²) in [7, 11) is 0. The SMILES string of the molecule is CC(C)COc1ccc(C2(Cc3ccc(F)cc3)OC(=O)C(O)C(O)C(=O)ONC2=O)cc1. The van der Waals surface area contributed by atoms with Gasteiger partial charge in [-0.05, 0) is 35.7 Å². The van der Waals surface area contributed by atoms with E-state index in [-0.39, 0.29) is 17.9 Å².